The van der Waals surface area contributed by atoms with Crippen LogP contribution in [0.15, 0.2) is 24.3 Å². The first-order valence-electron chi connectivity index (χ1n) is 6.62. The minimum absolute atomic E-state index is 0.0213. The van der Waals surface area contributed by atoms with Crippen LogP contribution in [0, 0.1) is 0 Å². The van der Waals surface area contributed by atoms with E-state index in [9.17, 15) is 4.79 Å². The fraction of sp³-hybridized carbons (Fsp3) is 0.533. The number of hydrogen-bond acceptors (Lipinski definition) is 4. The Morgan fingerprint density at radius 1 is 1.16 bits per heavy atom. The van der Waals surface area contributed by atoms with E-state index >= 15 is 0 Å². The number of hydrogen-bond donors (Lipinski definition) is 1. The molecule has 0 saturated carbocycles. The molecular formula is C15H23NO3. The predicted molar refractivity (Wildman–Crippen MR) is 75.8 cm³/mol. The van der Waals surface area contributed by atoms with Gasteiger partial charge in [0.15, 0.2) is 17.3 Å². The van der Waals surface area contributed by atoms with Gasteiger partial charge in [-0.15, -0.1) is 0 Å². The summed E-state index contributed by atoms with van der Waals surface area (Å²) in [4.78, 5) is 11.6. The normalized spacial score (nSPS) is 10.8. The largest absolute Gasteiger partial charge is 0.487 e. The van der Waals surface area contributed by atoms with Crippen molar-refractivity contribution in [2.45, 2.75) is 39.8 Å². The summed E-state index contributed by atoms with van der Waals surface area (Å²) in [6.07, 6.45) is 0.0723. The van der Waals surface area contributed by atoms with E-state index in [4.69, 9.17) is 9.47 Å². The van der Waals surface area contributed by atoms with Gasteiger partial charge >= 0.3 is 0 Å². The molecule has 106 valence electrons. The zero-order chi connectivity index (χ0) is 14.3. The smallest absolute Gasteiger partial charge is 0.183 e. The number of ketones is 1. The Kier molecular flexibility index (Phi) is 6.36. The van der Waals surface area contributed by atoms with Gasteiger partial charge < -0.3 is 14.8 Å². The Labute approximate surface area is 115 Å². The second-order valence-corrected chi connectivity index (χ2v) is 4.98. The third-order valence-electron chi connectivity index (χ3n) is 2.31. The number of carbonyl (C=O) groups is 1. The van der Waals surface area contributed by atoms with Crippen LogP contribution in [-0.2, 0) is 4.79 Å². The zero-order valence-corrected chi connectivity index (χ0v) is 12.1. The maximum atomic E-state index is 11.6. The van der Waals surface area contributed by atoms with Crippen LogP contribution in [0.5, 0.6) is 11.5 Å². The second kappa shape index (κ2) is 7.79. The molecule has 1 aromatic carbocycles. The number of rotatable bonds is 8. The van der Waals surface area contributed by atoms with E-state index in [1.807, 2.05) is 45.9 Å². The summed E-state index contributed by atoms with van der Waals surface area (Å²) in [5, 5.41) is 3.07. The fourth-order valence-corrected chi connectivity index (χ4v) is 1.45. The van der Waals surface area contributed by atoms with Gasteiger partial charge in [-0.1, -0.05) is 26.0 Å². The van der Waals surface area contributed by atoms with Crippen molar-refractivity contribution in [3.63, 3.8) is 0 Å². The first-order chi connectivity index (χ1) is 8.99. The van der Waals surface area contributed by atoms with E-state index in [1.54, 1.807) is 6.07 Å². The Bertz CT molecular complexity index is 402. The number of para-hydroxylation sites is 2. The van der Waals surface area contributed by atoms with E-state index in [0.717, 1.165) is 0 Å². The molecular weight excluding hydrogens is 242 g/mol. The molecule has 19 heavy (non-hydrogen) atoms. The average molecular weight is 265 g/mol. The maximum Gasteiger partial charge on any atom is 0.183 e. The van der Waals surface area contributed by atoms with Crippen LogP contribution >= 0.6 is 0 Å². The molecule has 0 unspecified atom stereocenters. The summed E-state index contributed by atoms with van der Waals surface area (Å²) in [5.74, 6) is 1.30. The van der Waals surface area contributed by atoms with Gasteiger partial charge in [0.05, 0.1) is 12.6 Å². The van der Waals surface area contributed by atoms with Crippen LogP contribution in [0.4, 0.5) is 0 Å². The third-order valence-corrected chi connectivity index (χ3v) is 2.31. The molecule has 0 amide bonds. The van der Waals surface area contributed by atoms with Crippen molar-refractivity contribution in [3.05, 3.63) is 24.3 Å². The molecule has 0 aromatic heterocycles. The summed E-state index contributed by atoms with van der Waals surface area (Å²) >= 11 is 0. The first kappa shape index (κ1) is 15.5. The van der Waals surface area contributed by atoms with Gasteiger partial charge in [0.2, 0.25) is 0 Å². The fourth-order valence-electron chi connectivity index (χ4n) is 1.45. The van der Waals surface area contributed by atoms with Crippen molar-refractivity contribution in [1.29, 1.82) is 0 Å². The topological polar surface area (TPSA) is 47.6 Å². The molecule has 0 aliphatic carbocycles. The standard InChI is InChI=1S/C15H23NO3/c1-11(2)16-9-13(17)10-18-14-7-5-6-8-15(14)19-12(3)4/h5-8,11-12,16H,9-10H2,1-4H3. The van der Waals surface area contributed by atoms with E-state index in [-0.39, 0.29) is 18.5 Å². The lowest BCUT2D eigenvalue weighted by Gasteiger charge is -2.14. The summed E-state index contributed by atoms with van der Waals surface area (Å²) in [6, 6.07) is 7.68. The summed E-state index contributed by atoms with van der Waals surface area (Å²) < 4.78 is 11.1. The summed E-state index contributed by atoms with van der Waals surface area (Å²) in [7, 11) is 0. The van der Waals surface area contributed by atoms with Crippen LogP contribution in [0.25, 0.3) is 0 Å². The Morgan fingerprint density at radius 3 is 2.37 bits per heavy atom. The van der Waals surface area contributed by atoms with Crippen LogP contribution in [-0.4, -0.2) is 31.1 Å². The molecule has 0 bridgehead atoms. The van der Waals surface area contributed by atoms with Crippen molar-refractivity contribution < 1.29 is 14.3 Å². The quantitative estimate of drug-likeness (QED) is 0.784. The number of carbonyl (C=O) groups excluding carboxylic acids is 1. The molecule has 0 aliphatic rings. The Morgan fingerprint density at radius 2 is 1.79 bits per heavy atom. The molecule has 0 aliphatic heterocycles. The lowest BCUT2D eigenvalue weighted by Crippen LogP contribution is -2.31. The van der Waals surface area contributed by atoms with E-state index in [0.29, 0.717) is 24.1 Å². The molecule has 4 nitrogen and oxygen atoms in total. The summed E-state index contributed by atoms with van der Waals surface area (Å²) in [5.41, 5.74) is 0. The number of Topliss-reactive ketones (excluding diaryl/α,β-unsaturated/α-hetero) is 1. The van der Waals surface area contributed by atoms with Gasteiger partial charge in [-0.25, -0.2) is 0 Å². The molecule has 0 radical (unpaired) electrons. The molecule has 0 heterocycles. The van der Waals surface area contributed by atoms with E-state index in [1.165, 1.54) is 0 Å². The summed E-state index contributed by atoms with van der Waals surface area (Å²) in [6.45, 7) is 8.28. The molecule has 0 saturated heterocycles. The lowest BCUT2D eigenvalue weighted by molar-refractivity contribution is -0.120. The number of ether oxygens (including phenoxy) is 2. The second-order valence-electron chi connectivity index (χ2n) is 4.98. The number of nitrogens with one attached hydrogen (secondary N) is 1. The molecule has 0 fully saturated rings. The highest BCUT2D eigenvalue weighted by Crippen LogP contribution is 2.27. The average Bonchev–Trinajstić information content (AvgIpc) is 2.34. The molecule has 0 spiro atoms. The van der Waals surface area contributed by atoms with Crippen LogP contribution in [0.2, 0.25) is 0 Å². The molecule has 1 N–H and O–H groups in total. The highest BCUT2D eigenvalue weighted by atomic mass is 16.5. The van der Waals surface area contributed by atoms with Crippen molar-refractivity contribution in [2.24, 2.45) is 0 Å². The van der Waals surface area contributed by atoms with Crippen LogP contribution in [0.3, 0.4) is 0 Å². The van der Waals surface area contributed by atoms with Crippen molar-refractivity contribution in [3.8, 4) is 11.5 Å². The van der Waals surface area contributed by atoms with Crippen molar-refractivity contribution in [1.82, 2.24) is 5.32 Å². The molecule has 0 atom stereocenters. The first-order valence-corrected chi connectivity index (χ1v) is 6.62. The van der Waals surface area contributed by atoms with Crippen LogP contribution in [0.1, 0.15) is 27.7 Å². The monoisotopic (exact) mass is 265 g/mol. The Balaban J connectivity index is 2.50. The van der Waals surface area contributed by atoms with Gasteiger partial charge in [0, 0.05) is 6.04 Å². The Hall–Kier alpha value is -1.55. The SMILES string of the molecule is CC(C)NCC(=O)COc1ccccc1OC(C)C. The molecule has 1 rings (SSSR count). The van der Waals surface area contributed by atoms with Crippen molar-refractivity contribution in [2.75, 3.05) is 13.2 Å². The van der Waals surface area contributed by atoms with Gasteiger partial charge in [-0.05, 0) is 26.0 Å². The van der Waals surface area contributed by atoms with Gasteiger partial charge in [-0.3, -0.25) is 4.79 Å². The molecule has 1 aromatic rings. The molecule has 4 heteroatoms. The predicted octanol–water partition coefficient (Wildman–Crippen LogP) is 2.42. The van der Waals surface area contributed by atoms with E-state index < -0.39 is 0 Å². The van der Waals surface area contributed by atoms with Crippen molar-refractivity contribution >= 4 is 5.78 Å². The van der Waals surface area contributed by atoms with Gasteiger partial charge in [0.25, 0.3) is 0 Å². The highest BCUT2D eigenvalue weighted by molar-refractivity contribution is 5.82. The number of benzene rings is 1. The minimum atomic E-state index is 0.0213. The lowest BCUT2D eigenvalue weighted by atomic mass is 10.3. The minimum Gasteiger partial charge on any atom is -0.487 e. The zero-order valence-electron chi connectivity index (χ0n) is 12.1. The van der Waals surface area contributed by atoms with Crippen LogP contribution < -0.4 is 14.8 Å². The third kappa shape index (κ3) is 6.25. The maximum absolute atomic E-state index is 11.6. The highest BCUT2D eigenvalue weighted by Gasteiger charge is 2.09. The van der Waals surface area contributed by atoms with Gasteiger partial charge in [-0.2, -0.15) is 0 Å². The van der Waals surface area contributed by atoms with E-state index in [2.05, 4.69) is 5.32 Å². The van der Waals surface area contributed by atoms with Gasteiger partial charge in [0.1, 0.15) is 6.61 Å².